The van der Waals surface area contributed by atoms with E-state index in [0.717, 1.165) is 57.8 Å². The molecular formula is C24H39FIN5O2. The van der Waals surface area contributed by atoms with Crippen LogP contribution in [-0.4, -0.2) is 68.2 Å². The molecular weight excluding hydrogens is 536 g/mol. The van der Waals surface area contributed by atoms with E-state index in [1.807, 2.05) is 6.92 Å². The molecule has 1 unspecified atom stereocenters. The molecule has 0 radical (unpaired) electrons. The van der Waals surface area contributed by atoms with Gasteiger partial charge in [-0.2, -0.15) is 0 Å². The van der Waals surface area contributed by atoms with E-state index in [2.05, 4.69) is 15.5 Å². The average molecular weight is 576 g/mol. The Labute approximate surface area is 214 Å². The van der Waals surface area contributed by atoms with Gasteiger partial charge < -0.3 is 21.1 Å². The summed E-state index contributed by atoms with van der Waals surface area (Å²) < 4.78 is 18.8. The van der Waals surface area contributed by atoms with E-state index in [9.17, 15) is 9.18 Å². The summed E-state index contributed by atoms with van der Waals surface area (Å²) in [6.07, 6.45) is 6.53. The predicted molar refractivity (Wildman–Crippen MR) is 140 cm³/mol. The third-order valence-corrected chi connectivity index (χ3v) is 6.66. The summed E-state index contributed by atoms with van der Waals surface area (Å²) in [6.45, 7) is 7.35. The van der Waals surface area contributed by atoms with Gasteiger partial charge in [-0.3, -0.25) is 14.7 Å². The normalized spacial score (nSPS) is 19.9. The minimum absolute atomic E-state index is 0. The number of nitrogens with one attached hydrogen (secondary N) is 2. The third kappa shape index (κ3) is 8.36. The maximum Gasteiger partial charge on any atom is 0.222 e. The van der Waals surface area contributed by atoms with E-state index in [1.165, 1.54) is 31.4 Å². The van der Waals surface area contributed by atoms with Crippen molar-refractivity contribution in [2.75, 3.05) is 45.9 Å². The molecule has 0 aromatic heterocycles. The molecule has 1 aromatic carbocycles. The second-order valence-electron chi connectivity index (χ2n) is 8.89. The Morgan fingerprint density at radius 3 is 2.45 bits per heavy atom. The Hall–Kier alpha value is -1.46. The summed E-state index contributed by atoms with van der Waals surface area (Å²) >= 11 is 0. The first-order chi connectivity index (χ1) is 15.5. The number of hydrogen-bond acceptors (Lipinski definition) is 4. The number of guanidine groups is 1. The Morgan fingerprint density at radius 2 is 1.85 bits per heavy atom. The largest absolute Gasteiger partial charge is 0.379 e. The molecule has 33 heavy (non-hydrogen) atoms. The first kappa shape index (κ1) is 27.8. The van der Waals surface area contributed by atoms with Gasteiger partial charge in [0.2, 0.25) is 5.91 Å². The molecule has 1 saturated carbocycles. The van der Waals surface area contributed by atoms with Crippen LogP contribution in [0.1, 0.15) is 44.6 Å². The Balaban J connectivity index is 0.00000385. The van der Waals surface area contributed by atoms with E-state index in [0.29, 0.717) is 18.9 Å². The lowest BCUT2D eigenvalue weighted by molar-refractivity contribution is -0.121. The Kier molecular flexibility index (Phi) is 11.8. The quantitative estimate of drug-likeness (QED) is 0.239. The number of aliphatic imine (C=N–C) groups is 1. The molecule has 1 aromatic rings. The van der Waals surface area contributed by atoms with Crippen LogP contribution < -0.4 is 16.4 Å². The van der Waals surface area contributed by atoms with Crippen LogP contribution in [0.2, 0.25) is 0 Å². The fourth-order valence-corrected chi connectivity index (χ4v) is 4.79. The molecule has 0 spiro atoms. The van der Waals surface area contributed by atoms with Gasteiger partial charge in [-0.05, 0) is 43.9 Å². The van der Waals surface area contributed by atoms with Crippen molar-refractivity contribution in [2.24, 2.45) is 16.6 Å². The lowest BCUT2D eigenvalue weighted by Gasteiger charge is -2.47. The highest BCUT2D eigenvalue weighted by molar-refractivity contribution is 14.0. The van der Waals surface area contributed by atoms with Gasteiger partial charge in [-0.1, -0.05) is 31.4 Å². The van der Waals surface area contributed by atoms with Gasteiger partial charge >= 0.3 is 0 Å². The lowest BCUT2D eigenvalue weighted by Crippen LogP contribution is -2.56. The predicted octanol–water partition coefficient (Wildman–Crippen LogP) is 2.68. The zero-order chi connectivity index (χ0) is 22.8. The van der Waals surface area contributed by atoms with Crippen molar-refractivity contribution >= 4 is 35.8 Å². The number of primary amides is 1. The van der Waals surface area contributed by atoms with Gasteiger partial charge in [-0.25, -0.2) is 4.39 Å². The van der Waals surface area contributed by atoms with Crippen LogP contribution in [0.4, 0.5) is 4.39 Å². The third-order valence-electron chi connectivity index (χ3n) is 6.66. The Morgan fingerprint density at radius 1 is 1.18 bits per heavy atom. The van der Waals surface area contributed by atoms with Gasteiger partial charge in [-0.15, -0.1) is 24.0 Å². The minimum Gasteiger partial charge on any atom is -0.379 e. The first-order valence-corrected chi connectivity index (χ1v) is 11.9. The van der Waals surface area contributed by atoms with Crippen LogP contribution >= 0.6 is 24.0 Å². The second-order valence-corrected chi connectivity index (χ2v) is 8.89. The molecule has 1 aliphatic carbocycles. The molecule has 2 aliphatic rings. The number of carbonyl (C=O) groups is 1. The monoisotopic (exact) mass is 575 g/mol. The molecule has 1 atom stereocenters. The van der Waals surface area contributed by atoms with E-state index < -0.39 is 5.92 Å². The molecule has 3 rings (SSSR count). The molecule has 0 bridgehead atoms. The van der Waals surface area contributed by atoms with Crippen molar-refractivity contribution in [3.63, 3.8) is 0 Å². The van der Waals surface area contributed by atoms with E-state index in [-0.39, 0.29) is 41.2 Å². The maximum atomic E-state index is 13.2. The van der Waals surface area contributed by atoms with Gasteiger partial charge in [0, 0.05) is 31.7 Å². The number of amides is 1. The number of carbonyl (C=O) groups excluding carboxylic acids is 1. The van der Waals surface area contributed by atoms with Crippen molar-refractivity contribution in [3.05, 3.63) is 35.6 Å². The topological polar surface area (TPSA) is 92.0 Å². The molecule has 7 nitrogen and oxygen atoms in total. The molecule has 1 heterocycles. The highest BCUT2D eigenvalue weighted by atomic mass is 127. The first-order valence-electron chi connectivity index (χ1n) is 11.9. The van der Waals surface area contributed by atoms with Gasteiger partial charge in [0.25, 0.3) is 0 Å². The van der Waals surface area contributed by atoms with Crippen molar-refractivity contribution < 1.29 is 13.9 Å². The van der Waals surface area contributed by atoms with Gasteiger partial charge in [0.1, 0.15) is 5.82 Å². The summed E-state index contributed by atoms with van der Waals surface area (Å²) in [5.74, 6) is -0.376. The van der Waals surface area contributed by atoms with Gasteiger partial charge in [0.05, 0.1) is 25.7 Å². The second kappa shape index (κ2) is 14.1. The number of hydrogen-bond donors (Lipinski definition) is 3. The van der Waals surface area contributed by atoms with Crippen LogP contribution in [0.15, 0.2) is 29.3 Å². The smallest absolute Gasteiger partial charge is 0.222 e. The highest BCUT2D eigenvalue weighted by Crippen LogP contribution is 2.34. The molecule has 1 saturated heterocycles. The molecule has 1 amide bonds. The number of nitrogens with zero attached hydrogens (tertiary/aromatic N) is 2. The van der Waals surface area contributed by atoms with E-state index in [4.69, 9.17) is 15.5 Å². The van der Waals surface area contributed by atoms with Crippen molar-refractivity contribution in [2.45, 2.75) is 51.0 Å². The van der Waals surface area contributed by atoms with E-state index in [1.54, 1.807) is 12.1 Å². The summed E-state index contributed by atoms with van der Waals surface area (Å²) in [7, 11) is 0. The lowest BCUT2D eigenvalue weighted by atomic mass is 9.80. The number of benzene rings is 1. The fourth-order valence-electron chi connectivity index (χ4n) is 4.79. The van der Waals surface area contributed by atoms with Crippen molar-refractivity contribution in [1.82, 2.24) is 15.5 Å². The number of nitrogens with two attached hydrogens (primary N) is 1. The van der Waals surface area contributed by atoms with Crippen molar-refractivity contribution in [1.29, 1.82) is 0 Å². The van der Waals surface area contributed by atoms with E-state index >= 15 is 0 Å². The highest BCUT2D eigenvalue weighted by Gasteiger charge is 2.38. The van der Waals surface area contributed by atoms with Crippen LogP contribution in [0.25, 0.3) is 0 Å². The zero-order valence-corrected chi connectivity index (χ0v) is 22.0. The SMILES string of the molecule is CCNC(=NCC1(N2CCOCC2)CCCCC1)NCC(Cc1ccc(F)cc1)C(N)=O.I. The fraction of sp³-hybridized carbons (Fsp3) is 0.667. The summed E-state index contributed by atoms with van der Waals surface area (Å²) in [6, 6.07) is 6.20. The minimum atomic E-state index is -0.410. The van der Waals surface area contributed by atoms with Crippen LogP contribution in [0.5, 0.6) is 0 Å². The molecule has 186 valence electrons. The zero-order valence-electron chi connectivity index (χ0n) is 19.7. The molecule has 9 heteroatoms. The number of rotatable bonds is 9. The maximum absolute atomic E-state index is 13.2. The number of ether oxygens (including phenoxy) is 1. The van der Waals surface area contributed by atoms with Crippen LogP contribution in [-0.2, 0) is 16.0 Å². The molecule has 1 aliphatic heterocycles. The summed E-state index contributed by atoms with van der Waals surface area (Å²) in [4.78, 5) is 19.6. The standard InChI is InChI=1S/C24H38FN5O2.HI/c1-2-27-23(28-17-20(22(26)31)16-19-6-8-21(25)9-7-19)29-18-24(10-4-3-5-11-24)30-12-14-32-15-13-30;/h6-9,20H,2-5,10-18H2,1H3,(H2,26,31)(H2,27,28,29);1H. The summed E-state index contributed by atoms with van der Waals surface area (Å²) in [5, 5.41) is 6.62. The number of halogens is 2. The van der Waals surface area contributed by atoms with Crippen LogP contribution in [0, 0.1) is 11.7 Å². The Bertz CT molecular complexity index is 750. The molecule has 2 fully saturated rings. The average Bonchev–Trinajstić information content (AvgIpc) is 2.82. The molecule has 4 N–H and O–H groups in total. The van der Waals surface area contributed by atoms with Crippen molar-refractivity contribution in [3.8, 4) is 0 Å². The summed E-state index contributed by atoms with van der Waals surface area (Å²) in [5.41, 5.74) is 6.62. The number of morpholine rings is 1. The van der Waals surface area contributed by atoms with Crippen LogP contribution in [0.3, 0.4) is 0 Å². The van der Waals surface area contributed by atoms with Gasteiger partial charge in [0.15, 0.2) is 5.96 Å².